The summed E-state index contributed by atoms with van der Waals surface area (Å²) in [6.45, 7) is 3.55. The van der Waals surface area contributed by atoms with Gasteiger partial charge in [0.15, 0.2) is 0 Å². The molecule has 5 nitrogen and oxygen atoms in total. The average Bonchev–Trinajstić information content (AvgIpc) is 3.36. The third-order valence-electron chi connectivity index (χ3n) is 5.36. The maximum Gasteiger partial charge on any atom is 0.232 e. The molecule has 0 spiro atoms. The molecule has 1 aromatic heterocycles. The second-order valence-corrected chi connectivity index (χ2v) is 7.34. The summed E-state index contributed by atoms with van der Waals surface area (Å²) in [5.74, 6) is 1.31. The number of rotatable bonds is 7. The van der Waals surface area contributed by atoms with Crippen molar-refractivity contribution >= 4 is 5.91 Å². The van der Waals surface area contributed by atoms with Crippen molar-refractivity contribution in [3.05, 3.63) is 71.6 Å². The lowest BCUT2D eigenvalue weighted by molar-refractivity contribution is -0.127. The molecule has 0 aliphatic carbocycles. The smallest absolute Gasteiger partial charge is 0.232 e. The van der Waals surface area contributed by atoms with E-state index < -0.39 is 0 Å². The zero-order chi connectivity index (χ0) is 19.3. The van der Waals surface area contributed by atoms with Gasteiger partial charge in [0.1, 0.15) is 0 Å². The van der Waals surface area contributed by atoms with Crippen molar-refractivity contribution in [2.75, 3.05) is 13.1 Å². The molecule has 1 aliphatic rings. The molecule has 0 radical (unpaired) electrons. The summed E-state index contributed by atoms with van der Waals surface area (Å²) >= 11 is 0. The average molecular weight is 375 g/mol. The minimum Gasteiger partial charge on any atom is -0.342 e. The molecule has 4 rings (SSSR count). The van der Waals surface area contributed by atoms with E-state index in [2.05, 4.69) is 53.5 Å². The van der Waals surface area contributed by atoms with Gasteiger partial charge in [0.2, 0.25) is 17.6 Å². The second-order valence-electron chi connectivity index (χ2n) is 7.34. The van der Waals surface area contributed by atoms with Crippen molar-refractivity contribution in [1.29, 1.82) is 0 Å². The molecule has 0 saturated carbocycles. The zero-order valence-corrected chi connectivity index (χ0v) is 16.2. The van der Waals surface area contributed by atoms with Gasteiger partial charge < -0.3 is 9.42 Å². The number of hydrogen-bond donors (Lipinski definition) is 0. The molecule has 1 amide bonds. The number of hydrogen-bond acceptors (Lipinski definition) is 4. The molecule has 1 unspecified atom stereocenters. The van der Waals surface area contributed by atoms with Gasteiger partial charge >= 0.3 is 0 Å². The minimum absolute atomic E-state index is 0.0135. The number of benzene rings is 2. The summed E-state index contributed by atoms with van der Waals surface area (Å²) < 4.78 is 5.49. The Morgan fingerprint density at radius 2 is 1.86 bits per heavy atom. The van der Waals surface area contributed by atoms with Crippen molar-refractivity contribution in [1.82, 2.24) is 15.0 Å². The SMILES string of the molecule is CCc1ccc(-c2noc(C3CC(=O)N(CCCc4ccccc4)C3)n2)cc1. The quantitative estimate of drug-likeness (QED) is 0.619. The predicted octanol–water partition coefficient (Wildman–Crippen LogP) is 4.25. The minimum atomic E-state index is -0.0135. The van der Waals surface area contributed by atoms with Crippen LogP contribution in [0.25, 0.3) is 11.4 Å². The van der Waals surface area contributed by atoms with Gasteiger partial charge in [-0.15, -0.1) is 0 Å². The van der Waals surface area contributed by atoms with Gasteiger partial charge in [0, 0.05) is 25.1 Å². The molecular weight excluding hydrogens is 350 g/mol. The van der Waals surface area contributed by atoms with Crippen LogP contribution in [-0.4, -0.2) is 34.0 Å². The van der Waals surface area contributed by atoms with Gasteiger partial charge in [-0.25, -0.2) is 0 Å². The Bertz CT molecular complexity index is 919. The summed E-state index contributed by atoms with van der Waals surface area (Å²) in [7, 11) is 0. The molecule has 1 saturated heterocycles. The fraction of sp³-hybridized carbons (Fsp3) is 0.348. The Hall–Kier alpha value is -2.95. The monoisotopic (exact) mass is 375 g/mol. The summed E-state index contributed by atoms with van der Waals surface area (Å²) in [4.78, 5) is 18.9. The largest absolute Gasteiger partial charge is 0.342 e. The van der Waals surface area contributed by atoms with E-state index in [1.807, 2.05) is 23.1 Å². The number of likely N-dealkylation sites (tertiary alicyclic amines) is 1. The molecule has 2 aromatic carbocycles. The number of carbonyl (C=O) groups is 1. The molecule has 28 heavy (non-hydrogen) atoms. The van der Waals surface area contributed by atoms with Crippen molar-refractivity contribution in [2.24, 2.45) is 0 Å². The summed E-state index contributed by atoms with van der Waals surface area (Å²) in [6.07, 6.45) is 3.39. The van der Waals surface area contributed by atoms with E-state index >= 15 is 0 Å². The van der Waals surface area contributed by atoms with Crippen LogP contribution >= 0.6 is 0 Å². The Morgan fingerprint density at radius 1 is 1.07 bits per heavy atom. The predicted molar refractivity (Wildman–Crippen MR) is 108 cm³/mol. The highest BCUT2D eigenvalue weighted by Gasteiger charge is 2.34. The number of amides is 1. The summed E-state index contributed by atoms with van der Waals surface area (Å²) in [5.41, 5.74) is 3.53. The van der Waals surface area contributed by atoms with Crippen LogP contribution < -0.4 is 0 Å². The number of aryl methyl sites for hydroxylation is 2. The molecule has 1 fully saturated rings. The van der Waals surface area contributed by atoms with E-state index in [1.54, 1.807) is 0 Å². The Morgan fingerprint density at radius 3 is 2.61 bits per heavy atom. The molecular formula is C23H25N3O2. The van der Waals surface area contributed by atoms with Crippen LogP contribution in [0.2, 0.25) is 0 Å². The number of carbonyl (C=O) groups excluding carboxylic acids is 1. The van der Waals surface area contributed by atoms with Gasteiger partial charge in [-0.3, -0.25) is 4.79 Å². The zero-order valence-electron chi connectivity index (χ0n) is 16.2. The first kappa shape index (κ1) is 18.4. The van der Waals surface area contributed by atoms with E-state index in [-0.39, 0.29) is 11.8 Å². The van der Waals surface area contributed by atoms with Gasteiger partial charge in [-0.1, -0.05) is 66.7 Å². The number of aromatic nitrogens is 2. The maximum absolute atomic E-state index is 12.4. The van der Waals surface area contributed by atoms with E-state index in [0.717, 1.165) is 31.4 Å². The standard InChI is InChI=1S/C23H25N3O2/c1-2-17-10-12-19(13-11-17)22-24-23(28-25-22)20-15-21(27)26(16-20)14-6-9-18-7-4-3-5-8-18/h3-5,7-8,10-13,20H,2,6,9,14-16H2,1H3. The fourth-order valence-electron chi connectivity index (χ4n) is 3.68. The Kier molecular flexibility index (Phi) is 5.51. The third kappa shape index (κ3) is 4.14. The van der Waals surface area contributed by atoms with E-state index in [0.29, 0.717) is 24.7 Å². The third-order valence-corrected chi connectivity index (χ3v) is 5.36. The first-order chi connectivity index (χ1) is 13.7. The lowest BCUT2D eigenvalue weighted by atomic mass is 10.1. The Balaban J connectivity index is 1.35. The van der Waals surface area contributed by atoms with Gasteiger partial charge in [-0.2, -0.15) is 4.98 Å². The highest BCUT2D eigenvalue weighted by atomic mass is 16.5. The lowest BCUT2D eigenvalue weighted by Crippen LogP contribution is -2.26. The van der Waals surface area contributed by atoms with Gasteiger partial charge in [0.05, 0.1) is 5.92 Å². The van der Waals surface area contributed by atoms with E-state index in [9.17, 15) is 4.79 Å². The number of nitrogens with zero attached hydrogens (tertiary/aromatic N) is 3. The van der Waals surface area contributed by atoms with Crippen molar-refractivity contribution in [3.63, 3.8) is 0 Å². The van der Waals surface area contributed by atoms with Gasteiger partial charge in [-0.05, 0) is 30.4 Å². The first-order valence-corrected chi connectivity index (χ1v) is 9.97. The van der Waals surface area contributed by atoms with Crippen LogP contribution in [-0.2, 0) is 17.6 Å². The van der Waals surface area contributed by atoms with Gasteiger partial charge in [0.25, 0.3) is 0 Å². The summed E-state index contributed by atoms with van der Waals surface area (Å²) in [5, 5.41) is 4.12. The van der Waals surface area contributed by atoms with Crippen LogP contribution in [0.1, 0.15) is 42.7 Å². The van der Waals surface area contributed by atoms with Crippen LogP contribution in [0.3, 0.4) is 0 Å². The Labute approximate surface area is 165 Å². The maximum atomic E-state index is 12.4. The van der Waals surface area contributed by atoms with Crippen LogP contribution in [0.4, 0.5) is 0 Å². The van der Waals surface area contributed by atoms with E-state index in [4.69, 9.17) is 4.52 Å². The molecule has 0 N–H and O–H groups in total. The molecule has 3 aromatic rings. The van der Waals surface area contributed by atoms with E-state index in [1.165, 1.54) is 11.1 Å². The molecule has 5 heteroatoms. The van der Waals surface area contributed by atoms with Crippen LogP contribution in [0.15, 0.2) is 59.1 Å². The van der Waals surface area contributed by atoms with Crippen molar-refractivity contribution < 1.29 is 9.32 Å². The second kappa shape index (κ2) is 8.38. The normalized spacial score (nSPS) is 16.7. The molecule has 1 aliphatic heterocycles. The summed E-state index contributed by atoms with van der Waals surface area (Å²) in [6, 6.07) is 18.6. The molecule has 2 heterocycles. The van der Waals surface area contributed by atoms with Crippen LogP contribution in [0.5, 0.6) is 0 Å². The highest BCUT2D eigenvalue weighted by Crippen LogP contribution is 2.29. The topological polar surface area (TPSA) is 59.2 Å². The van der Waals surface area contributed by atoms with Crippen LogP contribution in [0, 0.1) is 0 Å². The van der Waals surface area contributed by atoms with Crippen molar-refractivity contribution in [3.8, 4) is 11.4 Å². The van der Waals surface area contributed by atoms with Crippen molar-refractivity contribution in [2.45, 2.75) is 38.5 Å². The molecule has 1 atom stereocenters. The highest BCUT2D eigenvalue weighted by molar-refractivity contribution is 5.79. The molecule has 144 valence electrons. The fourth-order valence-corrected chi connectivity index (χ4v) is 3.68. The lowest BCUT2D eigenvalue weighted by Gasteiger charge is -2.15. The first-order valence-electron chi connectivity index (χ1n) is 9.97. The molecule has 0 bridgehead atoms.